The minimum Gasteiger partial charge on any atom is -0.496 e. The number of hydrogen-bond acceptors (Lipinski definition) is 11. The molecule has 2 heterocycles. The molecule has 318 valence electrons. The van der Waals surface area contributed by atoms with E-state index in [1.54, 1.807) is 53.7 Å². The van der Waals surface area contributed by atoms with Crippen LogP contribution in [-0.4, -0.2) is 110 Å². The maximum absolute atomic E-state index is 14.1. The summed E-state index contributed by atoms with van der Waals surface area (Å²) in [5.41, 5.74) is -1.44. The van der Waals surface area contributed by atoms with Gasteiger partial charge in [-0.3, -0.25) is 9.69 Å². The van der Waals surface area contributed by atoms with Crippen LogP contribution in [0, 0.1) is 23.2 Å². The van der Waals surface area contributed by atoms with Gasteiger partial charge in [-0.15, -0.1) is 0 Å². The molecular formula is C42H67BN4O10. The summed E-state index contributed by atoms with van der Waals surface area (Å²) in [6.45, 7) is 24.2. The molecular weight excluding hydrogens is 731 g/mol. The van der Waals surface area contributed by atoms with E-state index in [9.17, 15) is 19.2 Å². The lowest BCUT2D eigenvalue weighted by Crippen LogP contribution is -2.65. The number of rotatable bonds is 11. The molecule has 0 aromatic heterocycles. The first-order valence-electron chi connectivity index (χ1n) is 20.5. The maximum Gasteiger partial charge on any atom is 0.482 e. The zero-order valence-electron chi connectivity index (χ0n) is 36.5. The van der Waals surface area contributed by atoms with Gasteiger partial charge in [0.25, 0.3) is 0 Å². The minimum atomic E-state index is -0.747. The van der Waals surface area contributed by atoms with Crippen LogP contribution in [0.2, 0.25) is 0 Å². The Morgan fingerprint density at radius 3 is 2.19 bits per heavy atom. The molecule has 1 aromatic rings. The highest BCUT2D eigenvalue weighted by Crippen LogP contribution is 2.65. The van der Waals surface area contributed by atoms with Crippen molar-refractivity contribution in [3.63, 3.8) is 0 Å². The number of carbonyl (C=O) groups excluding carboxylic acids is 4. The van der Waals surface area contributed by atoms with Crippen molar-refractivity contribution >= 4 is 31.2 Å². The number of ether oxygens (including phenoxy) is 4. The number of alkyl carbamates (subject to hydrolysis) is 2. The van der Waals surface area contributed by atoms with E-state index >= 15 is 0 Å². The Kier molecular flexibility index (Phi) is 13.0. The van der Waals surface area contributed by atoms with Crippen molar-refractivity contribution in [3.05, 3.63) is 29.3 Å². The molecule has 7 atom stereocenters. The van der Waals surface area contributed by atoms with E-state index in [1.807, 2.05) is 31.7 Å². The van der Waals surface area contributed by atoms with Crippen LogP contribution in [0.25, 0.3) is 0 Å². The Balaban J connectivity index is 1.34. The quantitative estimate of drug-likeness (QED) is 0.143. The lowest BCUT2D eigenvalue weighted by Gasteiger charge is -2.64. The molecule has 3 N–H and O–H groups in total. The van der Waals surface area contributed by atoms with E-state index in [0.717, 1.165) is 12.8 Å². The van der Waals surface area contributed by atoms with Gasteiger partial charge < -0.3 is 44.2 Å². The third-order valence-corrected chi connectivity index (χ3v) is 11.8. The van der Waals surface area contributed by atoms with Gasteiger partial charge in [0.1, 0.15) is 28.1 Å². The Morgan fingerprint density at radius 2 is 1.58 bits per heavy atom. The second-order valence-electron chi connectivity index (χ2n) is 20.1. The van der Waals surface area contributed by atoms with Crippen LogP contribution in [0.1, 0.15) is 118 Å². The number of likely N-dealkylation sites (tertiary alicyclic amines) is 1. The molecule has 7 unspecified atom stereocenters. The van der Waals surface area contributed by atoms with E-state index in [1.165, 1.54) is 7.11 Å². The summed E-state index contributed by atoms with van der Waals surface area (Å²) in [7, 11) is 0.770. The number of nitrogens with zero attached hydrogens (tertiary/aromatic N) is 1. The summed E-state index contributed by atoms with van der Waals surface area (Å²) in [6.07, 6.45) is 1.56. The van der Waals surface area contributed by atoms with Gasteiger partial charge in [-0.1, -0.05) is 26.0 Å². The Hall–Kier alpha value is -3.56. The number of carbonyl (C=O) groups is 4. The molecule has 15 heteroatoms. The van der Waals surface area contributed by atoms with Gasteiger partial charge in [-0.2, -0.15) is 0 Å². The summed E-state index contributed by atoms with van der Waals surface area (Å²) in [5.74, 6) is -0.377. The van der Waals surface area contributed by atoms with Crippen molar-refractivity contribution in [2.24, 2.45) is 23.2 Å². The monoisotopic (exact) mass is 798 g/mol. The molecule has 3 saturated carbocycles. The standard InChI is InChI=1S/C42H67BN4O10/c1-38(2,3)53-35(49)28-16-14-15-25(34(28)52-13)19-32(43-56-31-21-27-20-30(41(27,10)11)42(31,12)57-43)46-33(48)24-47-18-17-29(45-37(51)55-40(7,8)9)26(23-47)22-44-36(50)54-39(4,5)6/h14-16,26-27,29-32H,17-24H2,1-13H3,(H,44,50)(H,45,51)(H,46,48). The lowest BCUT2D eigenvalue weighted by molar-refractivity contribution is -0.199. The van der Waals surface area contributed by atoms with Crippen molar-refractivity contribution in [1.29, 1.82) is 0 Å². The number of piperidine rings is 1. The molecule has 57 heavy (non-hydrogen) atoms. The molecule has 2 aliphatic heterocycles. The SMILES string of the molecule is COc1c(CC(NC(=O)CN2CCC(NC(=O)OC(C)(C)C)C(CNC(=O)OC(C)(C)C)C2)B2OC3CC4CC(C4(C)C)C3(C)O2)cccc1C(=O)OC(C)(C)C. The first-order chi connectivity index (χ1) is 26.3. The normalized spacial score (nSPS) is 27.6. The molecule has 0 radical (unpaired) electrons. The van der Waals surface area contributed by atoms with Crippen LogP contribution in [0.4, 0.5) is 9.59 Å². The van der Waals surface area contributed by atoms with Gasteiger partial charge in [-0.05, 0) is 124 Å². The van der Waals surface area contributed by atoms with E-state index in [-0.39, 0.29) is 48.9 Å². The molecule has 2 saturated heterocycles. The first kappa shape index (κ1) is 44.5. The average molecular weight is 799 g/mol. The van der Waals surface area contributed by atoms with E-state index in [4.69, 9.17) is 28.3 Å². The molecule has 14 nitrogen and oxygen atoms in total. The maximum atomic E-state index is 14.1. The molecule has 5 fully saturated rings. The average Bonchev–Trinajstić information content (AvgIpc) is 3.42. The fourth-order valence-corrected chi connectivity index (χ4v) is 9.09. The Bertz CT molecular complexity index is 1650. The predicted molar refractivity (Wildman–Crippen MR) is 216 cm³/mol. The summed E-state index contributed by atoms with van der Waals surface area (Å²) in [5, 5.41) is 9.08. The van der Waals surface area contributed by atoms with Gasteiger partial charge in [0.15, 0.2) is 0 Å². The van der Waals surface area contributed by atoms with Gasteiger partial charge in [0, 0.05) is 31.6 Å². The summed E-state index contributed by atoms with van der Waals surface area (Å²) >= 11 is 0. The number of benzene rings is 1. The molecule has 2 bridgehead atoms. The van der Waals surface area contributed by atoms with E-state index < -0.39 is 53.6 Å². The van der Waals surface area contributed by atoms with E-state index in [0.29, 0.717) is 48.2 Å². The topological polar surface area (TPSA) is 163 Å². The lowest BCUT2D eigenvalue weighted by atomic mass is 9.43. The van der Waals surface area contributed by atoms with Crippen molar-refractivity contribution in [2.45, 2.75) is 149 Å². The number of methoxy groups -OCH3 is 1. The largest absolute Gasteiger partial charge is 0.496 e. The van der Waals surface area contributed by atoms with Crippen LogP contribution in [0.3, 0.4) is 0 Å². The van der Waals surface area contributed by atoms with Crippen molar-refractivity contribution < 1.29 is 47.4 Å². The number of nitrogens with one attached hydrogen (secondary N) is 3. The van der Waals surface area contributed by atoms with Crippen molar-refractivity contribution in [3.8, 4) is 5.75 Å². The molecule has 1 aromatic carbocycles. The number of para-hydroxylation sites is 1. The summed E-state index contributed by atoms with van der Waals surface area (Å²) < 4.78 is 36.1. The fraction of sp³-hybridized carbons (Fsp3) is 0.762. The Labute approximate surface area is 339 Å². The van der Waals surface area contributed by atoms with Crippen LogP contribution >= 0.6 is 0 Å². The fourth-order valence-electron chi connectivity index (χ4n) is 9.09. The van der Waals surface area contributed by atoms with E-state index in [2.05, 4.69) is 36.7 Å². The van der Waals surface area contributed by atoms with Gasteiger partial charge in [0.05, 0.1) is 31.3 Å². The third-order valence-electron chi connectivity index (χ3n) is 11.8. The van der Waals surface area contributed by atoms with Gasteiger partial charge >= 0.3 is 25.3 Å². The first-order valence-corrected chi connectivity index (χ1v) is 20.5. The van der Waals surface area contributed by atoms with Crippen LogP contribution in [-0.2, 0) is 34.7 Å². The number of esters is 1. The highest BCUT2D eigenvalue weighted by molar-refractivity contribution is 6.48. The zero-order valence-corrected chi connectivity index (χ0v) is 36.5. The highest BCUT2D eigenvalue weighted by Gasteiger charge is 2.68. The second kappa shape index (κ2) is 16.6. The molecule has 3 amide bonds. The minimum absolute atomic E-state index is 0.0544. The number of hydrogen-bond donors (Lipinski definition) is 3. The molecule has 6 rings (SSSR count). The van der Waals surface area contributed by atoms with Gasteiger partial charge in [0.2, 0.25) is 5.91 Å². The van der Waals surface area contributed by atoms with Gasteiger partial charge in [-0.25, -0.2) is 14.4 Å². The van der Waals surface area contributed by atoms with Crippen LogP contribution < -0.4 is 20.7 Å². The summed E-state index contributed by atoms with van der Waals surface area (Å²) in [6, 6.07) is 5.02. The molecule has 3 aliphatic carbocycles. The molecule has 5 aliphatic rings. The Morgan fingerprint density at radius 1 is 0.930 bits per heavy atom. The van der Waals surface area contributed by atoms with Crippen LogP contribution in [0.5, 0.6) is 5.75 Å². The third kappa shape index (κ3) is 10.9. The van der Waals surface area contributed by atoms with Crippen molar-refractivity contribution in [2.75, 3.05) is 33.3 Å². The summed E-state index contributed by atoms with van der Waals surface area (Å²) in [4.78, 5) is 54.9. The second-order valence-corrected chi connectivity index (χ2v) is 20.1. The zero-order chi connectivity index (χ0) is 42.3. The molecule has 0 spiro atoms. The number of amides is 3. The predicted octanol–water partition coefficient (Wildman–Crippen LogP) is 5.69. The van der Waals surface area contributed by atoms with Crippen LogP contribution in [0.15, 0.2) is 18.2 Å². The van der Waals surface area contributed by atoms with Crippen molar-refractivity contribution in [1.82, 2.24) is 20.9 Å². The smallest absolute Gasteiger partial charge is 0.482 e. The highest BCUT2D eigenvalue weighted by atomic mass is 16.7.